The summed E-state index contributed by atoms with van der Waals surface area (Å²) in [5.41, 5.74) is 0. The quantitative estimate of drug-likeness (QED) is 0.0195. The molecule has 0 rings (SSSR count). The van der Waals surface area contributed by atoms with Crippen LogP contribution in [0.2, 0.25) is 0 Å². The zero-order valence-electron chi connectivity index (χ0n) is 44.3. The van der Waals surface area contributed by atoms with E-state index >= 15 is 0 Å². The van der Waals surface area contributed by atoms with Crippen LogP contribution in [-0.4, -0.2) is 70.0 Å². The molecule has 0 aliphatic rings. The number of phosphoric ester groups is 1. The van der Waals surface area contributed by atoms with Crippen molar-refractivity contribution in [1.82, 2.24) is 0 Å². The molecule has 0 aliphatic heterocycles. The van der Waals surface area contributed by atoms with Crippen molar-refractivity contribution >= 4 is 19.8 Å². The van der Waals surface area contributed by atoms with E-state index in [1.807, 2.05) is 21.1 Å². The molecule has 0 aromatic carbocycles. The number of unbranched alkanes of at least 4 members (excludes halogenated alkanes) is 29. The van der Waals surface area contributed by atoms with E-state index in [0.717, 1.165) is 57.8 Å². The maximum absolute atomic E-state index is 12.7. The second kappa shape index (κ2) is 49.0. The summed E-state index contributed by atoms with van der Waals surface area (Å²) in [5.74, 6) is -0.875. The van der Waals surface area contributed by atoms with Gasteiger partial charge in [-0.3, -0.25) is 14.2 Å². The third-order valence-corrected chi connectivity index (χ3v) is 13.1. The van der Waals surface area contributed by atoms with Gasteiger partial charge in [0.1, 0.15) is 19.8 Å². The van der Waals surface area contributed by atoms with Crippen LogP contribution in [-0.2, 0) is 32.7 Å². The van der Waals surface area contributed by atoms with Crippen LogP contribution in [0.15, 0.2) is 48.6 Å². The number of hydrogen-bond donors (Lipinski definition) is 0. The summed E-state index contributed by atoms with van der Waals surface area (Å²) < 4.78 is 34.0. The molecule has 2 unspecified atom stereocenters. The zero-order chi connectivity index (χ0) is 49.2. The van der Waals surface area contributed by atoms with E-state index in [9.17, 15) is 19.0 Å². The lowest BCUT2D eigenvalue weighted by Crippen LogP contribution is -2.37. The Labute approximate surface area is 414 Å². The summed E-state index contributed by atoms with van der Waals surface area (Å²) in [6, 6.07) is 0. The van der Waals surface area contributed by atoms with Crippen molar-refractivity contribution in [2.24, 2.45) is 0 Å². The number of nitrogens with zero attached hydrogens (tertiary/aromatic N) is 1. The fourth-order valence-corrected chi connectivity index (χ4v) is 8.55. The third kappa shape index (κ3) is 53.2. The van der Waals surface area contributed by atoms with Crippen molar-refractivity contribution in [1.29, 1.82) is 0 Å². The Kier molecular flexibility index (Phi) is 47.5. The van der Waals surface area contributed by atoms with Gasteiger partial charge in [-0.15, -0.1) is 0 Å². The molecule has 0 saturated carbocycles. The Morgan fingerprint density at radius 3 is 1.27 bits per heavy atom. The molecule has 0 spiro atoms. The molecule has 0 saturated heterocycles. The molecule has 10 heteroatoms. The number of likely N-dealkylation sites (N-methyl/N-ethyl adjacent to an activating group) is 1. The Hall–Kier alpha value is -2.03. The van der Waals surface area contributed by atoms with E-state index < -0.39 is 32.5 Å². The number of allylic oxidation sites excluding steroid dienone is 8. The van der Waals surface area contributed by atoms with Crippen LogP contribution in [0.4, 0.5) is 0 Å². The number of esters is 2. The van der Waals surface area contributed by atoms with Gasteiger partial charge in [0.25, 0.3) is 7.82 Å². The van der Waals surface area contributed by atoms with Crippen LogP contribution < -0.4 is 4.89 Å². The summed E-state index contributed by atoms with van der Waals surface area (Å²) in [4.78, 5) is 37.7. The molecule has 0 aliphatic carbocycles. The molecule has 0 fully saturated rings. The first-order chi connectivity index (χ1) is 32.5. The molecular weight excluding hydrogens is 858 g/mol. The molecule has 2 atom stereocenters. The zero-order valence-corrected chi connectivity index (χ0v) is 45.2. The van der Waals surface area contributed by atoms with Gasteiger partial charge in [-0.1, -0.05) is 236 Å². The fraction of sp³-hybridized carbons (Fsp3) is 0.825. The van der Waals surface area contributed by atoms with E-state index in [0.29, 0.717) is 17.4 Å². The largest absolute Gasteiger partial charge is 0.756 e. The van der Waals surface area contributed by atoms with Crippen molar-refractivity contribution in [2.75, 3.05) is 47.5 Å². The highest BCUT2D eigenvalue weighted by atomic mass is 31.2. The molecule has 0 aromatic heterocycles. The van der Waals surface area contributed by atoms with Gasteiger partial charge in [0, 0.05) is 12.8 Å². The number of carbonyl (C=O) groups is 2. The van der Waals surface area contributed by atoms with Gasteiger partial charge in [0.15, 0.2) is 6.10 Å². The van der Waals surface area contributed by atoms with Crippen LogP contribution in [0.3, 0.4) is 0 Å². The Morgan fingerprint density at radius 2 is 0.851 bits per heavy atom. The van der Waals surface area contributed by atoms with Crippen LogP contribution in [0.1, 0.15) is 251 Å². The van der Waals surface area contributed by atoms with Crippen LogP contribution >= 0.6 is 7.82 Å². The first kappa shape index (κ1) is 65.0. The highest BCUT2D eigenvalue weighted by Crippen LogP contribution is 2.38. The summed E-state index contributed by atoms with van der Waals surface area (Å²) in [6.07, 6.45) is 60.4. The van der Waals surface area contributed by atoms with Crippen molar-refractivity contribution in [2.45, 2.75) is 258 Å². The molecular formula is C57H106NO8P. The third-order valence-electron chi connectivity index (χ3n) is 12.1. The number of quaternary nitrogens is 1. The highest BCUT2D eigenvalue weighted by molar-refractivity contribution is 7.45. The smallest absolute Gasteiger partial charge is 0.306 e. The minimum absolute atomic E-state index is 0.0390. The molecule has 0 aromatic rings. The van der Waals surface area contributed by atoms with E-state index in [-0.39, 0.29) is 26.1 Å². The van der Waals surface area contributed by atoms with Crippen molar-refractivity contribution in [3.05, 3.63) is 48.6 Å². The summed E-state index contributed by atoms with van der Waals surface area (Å²) >= 11 is 0. The van der Waals surface area contributed by atoms with Gasteiger partial charge in [-0.05, 0) is 51.4 Å². The van der Waals surface area contributed by atoms with Crippen LogP contribution in [0, 0.1) is 0 Å². The Bertz CT molecular complexity index is 1270. The SMILES string of the molecule is CC/C=C\C/C=C\C/C=C\C/C=C\CCCCC(=O)OC(COC(=O)CCCCCCCCCCCCCCCCCCCCCCCCCCCCCC)COP(=O)([O-])OCC[N+](C)(C)C. The lowest BCUT2D eigenvalue weighted by Gasteiger charge is -2.28. The molecule has 392 valence electrons. The van der Waals surface area contributed by atoms with Crippen molar-refractivity contribution in [3.8, 4) is 0 Å². The topological polar surface area (TPSA) is 111 Å². The molecule has 67 heavy (non-hydrogen) atoms. The molecule has 0 heterocycles. The number of phosphoric acid groups is 1. The molecule has 0 amide bonds. The van der Waals surface area contributed by atoms with Gasteiger partial charge in [-0.2, -0.15) is 0 Å². The van der Waals surface area contributed by atoms with Crippen molar-refractivity contribution in [3.63, 3.8) is 0 Å². The predicted octanol–water partition coefficient (Wildman–Crippen LogP) is 16.3. The number of ether oxygens (including phenoxy) is 2. The second-order valence-electron chi connectivity index (χ2n) is 19.9. The maximum Gasteiger partial charge on any atom is 0.306 e. The van der Waals surface area contributed by atoms with E-state index in [2.05, 4.69) is 62.5 Å². The van der Waals surface area contributed by atoms with Gasteiger partial charge in [-0.25, -0.2) is 0 Å². The van der Waals surface area contributed by atoms with Gasteiger partial charge in [0.2, 0.25) is 0 Å². The lowest BCUT2D eigenvalue weighted by molar-refractivity contribution is -0.870. The maximum atomic E-state index is 12.7. The average molecular weight is 964 g/mol. The summed E-state index contributed by atoms with van der Waals surface area (Å²) in [6.45, 7) is 4.10. The first-order valence-corrected chi connectivity index (χ1v) is 29.3. The second-order valence-corrected chi connectivity index (χ2v) is 21.3. The minimum atomic E-state index is -4.64. The predicted molar refractivity (Wildman–Crippen MR) is 282 cm³/mol. The fourth-order valence-electron chi connectivity index (χ4n) is 7.83. The van der Waals surface area contributed by atoms with E-state index in [1.165, 1.54) is 161 Å². The standard InChI is InChI=1S/C57H106NO8P/c1-6-8-10-12-14-16-18-20-22-23-24-25-26-27-28-29-30-31-32-33-34-36-37-39-41-43-45-47-49-56(59)63-53-55(54-65-67(61,62)64-52-51-58(3,4)5)66-57(60)50-48-46-44-42-40-38-35-21-19-17-15-13-11-9-7-2/h9,11,15,17,21,35,40,42,55H,6-8,10,12-14,16,18-20,22-34,36-39,41,43-54H2,1-5H3/b11-9-,17-15-,35-21-,42-40-. The van der Waals surface area contributed by atoms with E-state index in [1.54, 1.807) is 0 Å². The van der Waals surface area contributed by atoms with Gasteiger partial charge in [0.05, 0.1) is 27.7 Å². The van der Waals surface area contributed by atoms with Gasteiger partial charge < -0.3 is 27.9 Å². The summed E-state index contributed by atoms with van der Waals surface area (Å²) in [7, 11) is 1.14. The van der Waals surface area contributed by atoms with Crippen LogP contribution in [0.25, 0.3) is 0 Å². The van der Waals surface area contributed by atoms with E-state index in [4.69, 9.17) is 18.5 Å². The molecule has 0 bridgehead atoms. The molecule has 0 radical (unpaired) electrons. The molecule has 9 nitrogen and oxygen atoms in total. The molecule has 0 N–H and O–H groups in total. The van der Waals surface area contributed by atoms with Gasteiger partial charge >= 0.3 is 11.9 Å². The number of carbonyl (C=O) groups excluding carboxylic acids is 2. The Morgan fingerprint density at radius 1 is 0.478 bits per heavy atom. The number of rotatable bonds is 51. The lowest BCUT2D eigenvalue weighted by atomic mass is 10.0. The Balaban J connectivity index is 4.10. The normalized spacial score (nSPS) is 13.7. The minimum Gasteiger partial charge on any atom is -0.756 e. The highest BCUT2D eigenvalue weighted by Gasteiger charge is 2.21. The van der Waals surface area contributed by atoms with Crippen molar-refractivity contribution < 1.29 is 42.1 Å². The summed E-state index contributed by atoms with van der Waals surface area (Å²) in [5, 5.41) is 0. The average Bonchev–Trinajstić information content (AvgIpc) is 3.29. The monoisotopic (exact) mass is 964 g/mol. The number of hydrogen-bond acceptors (Lipinski definition) is 8. The van der Waals surface area contributed by atoms with Crippen LogP contribution in [0.5, 0.6) is 0 Å². The first-order valence-electron chi connectivity index (χ1n) is 27.8.